The molecule has 0 aliphatic carbocycles. The molecular formula is C36H29N7O4Ru. The van der Waals surface area contributed by atoms with Gasteiger partial charge in [0.15, 0.2) is 0 Å². The fraction of sp³-hybridized carbons (Fsp3) is 0.0833. The first-order chi connectivity index (χ1) is 23.0. The molecular weight excluding hydrogens is 696 g/mol. The van der Waals surface area contributed by atoms with Crippen molar-refractivity contribution in [2.45, 2.75) is 19.8 Å². The van der Waals surface area contributed by atoms with Crippen molar-refractivity contribution in [3.05, 3.63) is 145 Å². The van der Waals surface area contributed by atoms with Crippen LogP contribution in [0.5, 0.6) is 0 Å². The maximum atomic E-state index is 12.1. The van der Waals surface area contributed by atoms with Gasteiger partial charge in [0.2, 0.25) is 0 Å². The fourth-order valence-corrected chi connectivity index (χ4v) is 4.22. The van der Waals surface area contributed by atoms with E-state index in [0.29, 0.717) is 16.5 Å². The number of hydrogen-bond donors (Lipinski definition) is 0. The monoisotopic (exact) mass is 725 g/mol. The zero-order valence-electron chi connectivity index (χ0n) is 25.7. The van der Waals surface area contributed by atoms with Crippen molar-refractivity contribution in [1.29, 1.82) is 0 Å². The van der Waals surface area contributed by atoms with E-state index >= 15 is 0 Å². The number of hydrogen-bond acceptors (Lipinski definition) is 10. The molecule has 11 nitrogen and oxygen atoms in total. The van der Waals surface area contributed by atoms with Gasteiger partial charge in [-0.25, -0.2) is 4.79 Å². The minimum Gasteiger partial charge on any atom is -0.325 e. The molecule has 0 aromatic carbocycles. The van der Waals surface area contributed by atoms with Crippen LogP contribution in [0, 0.1) is 6.92 Å². The number of nitrogens with zero attached hydrogens (tertiary/aromatic N) is 7. The molecule has 0 saturated carbocycles. The first kappa shape index (κ1) is 35.0. The van der Waals surface area contributed by atoms with Crippen LogP contribution < -0.4 is 0 Å². The van der Waals surface area contributed by atoms with E-state index in [2.05, 4.69) is 29.9 Å². The van der Waals surface area contributed by atoms with Crippen LogP contribution in [0.25, 0.3) is 34.2 Å². The molecule has 6 aromatic rings. The van der Waals surface area contributed by atoms with Gasteiger partial charge < -0.3 is 4.84 Å². The minimum absolute atomic E-state index is 0. The summed E-state index contributed by atoms with van der Waals surface area (Å²) in [6, 6.07) is 29.8. The number of rotatable bonds is 5. The summed E-state index contributed by atoms with van der Waals surface area (Å²) >= 11 is 0. The Balaban J connectivity index is 0.000000176. The summed E-state index contributed by atoms with van der Waals surface area (Å²) in [5.41, 5.74) is 5.98. The normalized spacial score (nSPS) is 11.6. The van der Waals surface area contributed by atoms with E-state index in [1.165, 1.54) is 18.3 Å². The van der Waals surface area contributed by atoms with Crippen molar-refractivity contribution in [3.63, 3.8) is 0 Å². The summed E-state index contributed by atoms with van der Waals surface area (Å²) in [6.45, 7) is 1.92. The van der Waals surface area contributed by atoms with Crippen molar-refractivity contribution < 1.29 is 38.7 Å². The molecule has 7 heterocycles. The molecule has 1 aliphatic rings. The van der Waals surface area contributed by atoms with E-state index in [1.807, 2.05) is 91.9 Å². The molecule has 1 aliphatic heterocycles. The van der Waals surface area contributed by atoms with Gasteiger partial charge in [0, 0.05) is 69.5 Å². The standard InChI is InChI=1S/C16H13N3O4.2C10H8N2.Ru/c1-10-4-6-17-12(8-10)13-9-11(5-7-18-13)16(22)23-19-14(20)2-3-15(19)21;2*1-3-7-11-9(5-1)10-6-2-4-8-12-10;/h4-9H,2-3H2,1H3;2*1-8H;. The van der Waals surface area contributed by atoms with Gasteiger partial charge in [0.25, 0.3) is 11.8 Å². The maximum absolute atomic E-state index is 12.1. The summed E-state index contributed by atoms with van der Waals surface area (Å²) in [5, 5.41) is 0.521. The van der Waals surface area contributed by atoms with Crippen molar-refractivity contribution >= 4 is 17.8 Å². The van der Waals surface area contributed by atoms with Gasteiger partial charge >= 0.3 is 5.97 Å². The number of aromatic nitrogens is 6. The van der Waals surface area contributed by atoms with Gasteiger partial charge in [-0.15, -0.1) is 5.06 Å². The Morgan fingerprint density at radius 3 is 1.33 bits per heavy atom. The van der Waals surface area contributed by atoms with E-state index in [0.717, 1.165) is 28.3 Å². The van der Waals surface area contributed by atoms with Gasteiger partial charge in [-0.1, -0.05) is 24.3 Å². The first-order valence-corrected chi connectivity index (χ1v) is 14.6. The molecule has 12 heteroatoms. The van der Waals surface area contributed by atoms with Crippen LogP contribution in [-0.2, 0) is 33.9 Å². The topological polar surface area (TPSA) is 141 Å². The molecule has 48 heavy (non-hydrogen) atoms. The Labute approximate surface area is 289 Å². The van der Waals surface area contributed by atoms with Crippen LogP contribution in [-0.4, -0.2) is 52.8 Å². The van der Waals surface area contributed by atoms with Crippen LogP contribution >= 0.6 is 0 Å². The summed E-state index contributed by atoms with van der Waals surface area (Å²) in [4.78, 5) is 65.1. The molecule has 1 saturated heterocycles. The fourth-order valence-electron chi connectivity index (χ4n) is 4.22. The van der Waals surface area contributed by atoms with E-state index < -0.39 is 17.8 Å². The quantitative estimate of drug-likeness (QED) is 0.155. The molecule has 6 aromatic heterocycles. The second-order valence-corrected chi connectivity index (χ2v) is 9.97. The third kappa shape index (κ3) is 9.81. The Bertz CT molecular complexity index is 1770. The molecule has 7 rings (SSSR count). The van der Waals surface area contributed by atoms with Crippen LogP contribution in [0.3, 0.4) is 0 Å². The summed E-state index contributed by atoms with van der Waals surface area (Å²) in [5.74, 6) is -1.82. The molecule has 0 unspecified atom stereocenters. The Kier molecular flexibility index (Phi) is 12.9. The first-order valence-electron chi connectivity index (χ1n) is 14.6. The minimum atomic E-state index is -0.787. The number of carbonyl (C=O) groups excluding carboxylic acids is 3. The van der Waals surface area contributed by atoms with Crippen molar-refractivity contribution in [2.24, 2.45) is 0 Å². The third-order valence-electron chi connectivity index (χ3n) is 6.54. The smallest absolute Gasteiger partial charge is 0.325 e. The maximum Gasteiger partial charge on any atom is 0.364 e. The van der Waals surface area contributed by atoms with Gasteiger partial charge in [0.1, 0.15) is 0 Å². The van der Waals surface area contributed by atoms with E-state index in [4.69, 9.17) is 4.84 Å². The average molecular weight is 725 g/mol. The second-order valence-electron chi connectivity index (χ2n) is 9.97. The van der Waals surface area contributed by atoms with Crippen molar-refractivity contribution in [2.75, 3.05) is 0 Å². The van der Waals surface area contributed by atoms with E-state index in [9.17, 15) is 14.4 Å². The average Bonchev–Trinajstić information content (AvgIpc) is 3.46. The number of hydroxylamine groups is 2. The third-order valence-corrected chi connectivity index (χ3v) is 6.54. The van der Waals surface area contributed by atoms with Crippen molar-refractivity contribution in [1.82, 2.24) is 35.0 Å². The van der Waals surface area contributed by atoms with Crippen LogP contribution in [0.2, 0.25) is 0 Å². The van der Waals surface area contributed by atoms with Gasteiger partial charge in [0.05, 0.1) is 39.7 Å². The zero-order valence-corrected chi connectivity index (χ0v) is 27.5. The Morgan fingerprint density at radius 1 is 0.542 bits per heavy atom. The number of pyridine rings is 6. The number of aryl methyl sites for hydroxylation is 1. The Morgan fingerprint density at radius 2 is 0.938 bits per heavy atom. The molecule has 240 valence electrons. The summed E-state index contributed by atoms with van der Waals surface area (Å²) in [7, 11) is 0. The predicted molar refractivity (Wildman–Crippen MR) is 174 cm³/mol. The second kappa shape index (κ2) is 17.7. The van der Waals surface area contributed by atoms with E-state index in [1.54, 1.807) is 31.0 Å². The summed E-state index contributed by atoms with van der Waals surface area (Å²) in [6.07, 6.45) is 10.3. The molecule has 2 amide bonds. The number of amides is 2. The van der Waals surface area contributed by atoms with Gasteiger partial charge in [-0.05, 0) is 85.3 Å². The predicted octanol–water partition coefficient (Wildman–Crippen LogP) is 5.96. The SMILES string of the molecule is Cc1ccnc(-c2cc(C(=O)ON3C(=O)CCC3=O)ccn2)c1.[Ru].c1ccc(-c2ccccn2)nc1.c1ccc(-c2ccccn2)nc1. The van der Waals surface area contributed by atoms with Crippen LogP contribution in [0.1, 0.15) is 28.8 Å². The molecule has 0 N–H and O–H groups in total. The molecule has 0 bridgehead atoms. The van der Waals surface area contributed by atoms with Crippen LogP contribution in [0.15, 0.2) is 134 Å². The molecule has 0 atom stereocenters. The van der Waals surface area contributed by atoms with Crippen LogP contribution in [0.4, 0.5) is 0 Å². The van der Waals surface area contributed by atoms with E-state index in [-0.39, 0.29) is 37.9 Å². The zero-order chi connectivity index (χ0) is 32.8. The largest absolute Gasteiger partial charge is 0.364 e. The molecule has 1 fully saturated rings. The number of imide groups is 1. The number of carbonyl (C=O) groups is 3. The molecule has 0 spiro atoms. The van der Waals surface area contributed by atoms with Gasteiger partial charge in [-0.2, -0.15) is 0 Å². The summed E-state index contributed by atoms with van der Waals surface area (Å²) < 4.78 is 0. The van der Waals surface area contributed by atoms with Crippen molar-refractivity contribution in [3.8, 4) is 34.2 Å². The molecule has 0 radical (unpaired) electrons. The van der Waals surface area contributed by atoms with Gasteiger partial charge in [-0.3, -0.25) is 39.5 Å². The Hall–Kier alpha value is -5.87.